The molecule has 1 aromatic rings. The van der Waals surface area contributed by atoms with Crippen molar-refractivity contribution >= 4 is 17.5 Å². The molecule has 1 saturated carbocycles. The molecule has 1 aliphatic carbocycles. The first-order valence-corrected chi connectivity index (χ1v) is 8.01. The second-order valence-electron chi connectivity index (χ2n) is 6.13. The summed E-state index contributed by atoms with van der Waals surface area (Å²) in [7, 11) is 0. The summed E-state index contributed by atoms with van der Waals surface area (Å²) in [6, 6.07) is 7.53. The van der Waals surface area contributed by atoms with E-state index in [2.05, 4.69) is 5.32 Å². The topological polar surface area (TPSA) is 69.6 Å². The van der Waals surface area contributed by atoms with E-state index in [1.807, 2.05) is 24.3 Å². The number of nitrogens with one attached hydrogen (secondary N) is 1. The molecule has 5 heteroatoms. The van der Waals surface area contributed by atoms with Gasteiger partial charge in [-0.15, -0.1) is 0 Å². The number of amides is 2. The standard InChI is InChI=1S/C17H22N2O3/c20-15-8-4-2-6-13(15)18-16(21)11-19-14-7-3-1-5-12(14)9-10-17(19)22/h1,3,5,7,13,15,20H,2,4,6,8-11H2,(H,18,21). The van der Waals surface area contributed by atoms with Crippen LogP contribution in [-0.2, 0) is 16.0 Å². The van der Waals surface area contributed by atoms with Gasteiger partial charge in [0, 0.05) is 12.1 Å². The summed E-state index contributed by atoms with van der Waals surface area (Å²) in [5, 5.41) is 12.8. The van der Waals surface area contributed by atoms with Gasteiger partial charge in [0.25, 0.3) is 0 Å². The van der Waals surface area contributed by atoms with E-state index in [0.717, 1.165) is 43.4 Å². The molecule has 2 unspecified atom stereocenters. The van der Waals surface area contributed by atoms with E-state index in [1.54, 1.807) is 4.90 Å². The average Bonchev–Trinajstić information content (AvgIpc) is 2.52. The number of carbonyl (C=O) groups is 2. The highest BCUT2D eigenvalue weighted by Gasteiger charge is 2.28. The molecule has 0 bridgehead atoms. The molecule has 0 aromatic heterocycles. The number of anilines is 1. The predicted molar refractivity (Wildman–Crippen MR) is 83.5 cm³/mol. The van der Waals surface area contributed by atoms with E-state index in [9.17, 15) is 14.7 Å². The van der Waals surface area contributed by atoms with E-state index in [-0.39, 0.29) is 24.4 Å². The molecule has 1 aromatic carbocycles. The molecular weight excluding hydrogens is 280 g/mol. The number of rotatable bonds is 3. The SMILES string of the molecule is O=C(CN1C(=O)CCc2ccccc21)NC1CCCCC1O. The lowest BCUT2D eigenvalue weighted by Gasteiger charge is -2.31. The lowest BCUT2D eigenvalue weighted by atomic mass is 9.92. The maximum absolute atomic E-state index is 12.3. The van der Waals surface area contributed by atoms with Gasteiger partial charge in [0.15, 0.2) is 0 Å². The summed E-state index contributed by atoms with van der Waals surface area (Å²) in [5.41, 5.74) is 1.94. The van der Waals surface area contributed by atoms with Gasteiger partial charge in [-0.3, -0.25) is 9.59 Å². The van der Waals surface area contributed by atoms with Gasteiger partial charge in [0.05, 0.1) is 12.1 Å². The van der Waals surface area contributed by atoms with Gasteiger partial charge in [0.2, 0.25) is 11.8 Å². The van der Waals surface area contributed by atoms with Gasteiger partial charge in [-0.1, -0.05) is 31.0 Å². The van der Waals surface area contributed by atoms with Crippen molar-refractivity contribution in [3.8, 4) is 0 Å². The Morgan fingerprint density at radius 2 is 2.00 bits per heavy atom. The van der Waals surface area contributed by atoms with E-state index in [0.29, 0.717) is 6.42 Å². The van der Waals surface area contributed by atoms with Crippen LogP contribution < -0.4 is 10.2 Å². The van der Waals surface area contributed by atoms with Crippen molar-refractivity contribution in [1.82, 2.24) is 5.32 Å². The Hall–Kier alpha value is -1.88. The summed E-state index contributed by atoms with van der Waals surface area (Å²) in [5.74, 6) is -0.214. The van der Waals surface area contributed by atoms with Crippen molar-refractivity contribution in [3.63, 3.8) is 0 Å². The first-order valence-electron chi connectivity index (χ1n) is 8.01. The zero-order valence-corrected chi connectivity index (χ0v) is 12.6. The van der Waals surface area contributed by atoms with Crippen LogP contribution in [0.4, 0.5) is 5.69 Å². The first kappa shape index (κ1) is 15.0. The minimum absolute atomic E-state index is 0.0157. The fourth-order valence-electron chi connectivity index (χ4n) is 3.35. The Morgan fingerprint density at radius 1 is 1.23 bits per heavy atom. The Bertz CT molecular complexity index is 573. The highest BCUT2D eigenvalue weighted by molar-refractivity contribution is 6.01. The van der Waals surface area contributed by atoms with Crippen LogP contribution in [0.5, 0.6) is 0 Å². The lowest BCUT2D eigenvalue weighted by Crippen LogP contribution is -2.50. The zero-order valence-electron chi connectivity index (χ0n) is 12.6. The van der Waals surface area contributed by atoms with Crippen molar-refractivity contribution in [2.24, 2.45) is 0 Å². The molecule has 1 heterocycles. The molecule has 2 atom stereocenters. The van der Waals surface area contributed by atoms with E-state index < -0.39 is 6.10 Å². The highest BCUT2D eigenvalue weighted by Crippen LogP contribution is 2.27. The maximum Gasteiger partial charge on any atom is 0.240 e. The Balaban J connectivity index is 1.67. The highest BCUT2D eigenvalue weighted by atomic mass is 16.3. The number of nitrogens with zero attached hydrogens (tertiary/aromatic N) is 1. The third kappa shape index (κ3) is 3.14. The largest absolute Gasteiger partial charge is 0.391 e. The fourth-order valence-corrected chi connectivity index (χ4v) is 3.35. The second kappa shape index (κ2) is 6.48. The molecule has 0 saturated heterocycles. The van der Waals surface area contributed by atoms with Crippen molar-refractivity contribution in [2.75, 3.05) is 11.4 Å². The van der Waals surface area contributed by atoms with E-state index >= 15 is 0 Å². The first-order chi connectivity index (χ1) is 10.6. The van der Waals surface area contributed by atoms with Crippen molar-refractivity contribution in [3.05, 3.63) is 29.8 Å². The third-order valence-electron chi connectivity index (χ3n) is 4.57. The number of aliphatic hydroxyl groups excluding tert-OH is 1. The number of aliphatic hydroxyl groups is 1. The van der Waals surface area contributed by atoms with Crippen LogP contribution in [0.1, 0.15) is 37.7 Å². The molecule has 1 fully saturated rings. The minimum atomic E-state index is -0.470. The number of hydrogen-bond acceptors (Lipinski definition) is 3. The summed E-state index contributed by atoms with van der Waals surface area (Å²) in [6.45, 7) is 0.0269. The summed E-state index contributed by atoms with van der Waals surface area (Å²) >= 11 is 0. The van der Waals surface area contributed by atoms with Gasteiger partial charge in [-0.2, -0.15) is 0 Å². The van der Waals surface area contributed by atoms with Crippen LogP contribution in [-0.4, -0.2) is 35.6 Å². The fraction of sp³-hybridized carbons (Fsp3) is 0.529. The van der Waals surface area contributed by atoms with Crippen LogP contribution in [0.15, 0.2) is 24.3 Å². The maximum atomic E-state index is 12.3. The van der Waals surface area contributed by atoms with Gasteiger partial charge >= 0.3 is 0 Å². The summed E-state index contributed by atoms with van der Waals surface area (Å²) in [6.07, 6.45) is 4.26. The van der Waals surface area contributed by atoms with Crippen LogP contribution in [0.2, 0.25) is 0 Å². The molecule has 3 rings (SSSR count). The number of aryl methyl sites for hydroxylation is 1. The molecule has 5 nitrogen and oxygen atoms in total. The third-order valence-corrected chi connectivity index (χ3v) is 4.57. The normalized spacial score (nSPS) is 24.8. The molecule has 118 valence electrons. The summed E-state index contributed by atoms with van der Waals surface area (Å²) in [4.78, 5) is 26.0. The Labute approximate surface area is 130 Å². The quantitative estimate of drug-likeness (QED) is 0.886. The van der Waals surface area contributed by atoms with Crippen LogP contribution in [0.25, 0.3) is 0 Å². The van der Waals surface area contributed by atoms with Crippen LogP contribution >= 0.6 is 0 Å². The van der Waals surface area contributed by atoms with E-state index in [1.165, 1.54) is 0 Å². The molecule has 22 heavy (non-hydrogen) atoms. The van der Waals surface area contributed by atoms with Crippen LogP contribution in [0, 0.1) is 0 Å². The summed E-state index contributed by atoms with van der Waals surface area (Å²) < 4.78 is 0. The molecule has 1 aliphatic heterocycles. The van der Waals surface area contributed by atoms with Crippen molar-refractivity contribution in [2.45, 2.75) is 50.7 Å². The van der Waals surface area contributed by atoms with Gasteiger partial charge in [0.1, 0.15) is 6.54 Å². The Kier molecular flexibility index (Phi) is 4.43. The number of benzene rings is 1. The van der Waals surface area contributed by atoms with E-state index in [4.69, 9.17) is 0 Å². The average molecular weight is 302 g/mol. The molecule has 2 amide bonds. The van der Waals surface area contributed by atoms with Gasteiger partial charge < -0.3 is 15.3 Å². The molecule has 2 aliphatic rings. The molecule has 2 N–H and O–H groups in total. The number of carbonyl (C=O) groups excluding carboxylic acids is 2. The van der Waals surface area contributed by atoms with Gasteiger partial charge in [-0.05, 0) is 30.9 Å². The van der Waals surface area contributed by atoms with Crippen LogP contribution in [0.3, 0.4) is 0 Å². The monoisotopic (exact) mass is 302 g/mol. The number of para-hydroxylation sites is 1. The van der Waals surface area contributed by atoms with Gasteiger partial charge in [-0.25, -0.2) is 0 Å². The lowest BCUT2D eigenvalue weighted by molar-refractivity contribution is -0.125. The number of hydrogen-bond donors (Lipinski definition) is 2. The smallest absolute Gasteiger partial charge is 0.240 e. The zero-order chi connectivity index (χ0) is 15.5. The van der Waals surface area contributed by atoms with Crippen molar-refractivity contribution < 1.29 is 14.7 Å². The molecule has 0 spiro atoms. The molecular formula is C17H22N2O3. The Morgan fingerprint density at radius 3 is 2.82 bits per heavy atom. The van der Waals surface area contributed by atoms with Crippen molar-refractivity contribution in [1.29, 1.82) is 0 Å². The number of fused-ring (bicyclic) bond motifs is 1. The predicted octanol–water partition coefficient (Wildman–Crippen LogP) is 1.39. The molecule has 0 radical (unpaired) electrons. The minimum Gasteiger partial charge on any atom is -0.391 e. The second-order valence-corrected chi connectivity index (χ2v) is 6.13.